The number of amides is 1. The highest BCUT2D eigenvalue weighted by Gasteiger charge is 2.25. The lowest BCUT2D eigenvalue weighted by Gasteiger charge is -2.37. The van der Waals surface area contributed by atoms with Crippen LogP contribution in [0.15, 0.2) is 71.6 Å². The van der Waals surface area contributed by atoms with Gasteiger partial charge in [-0.3, -0.25) is 14.6 Å². The SMILES string of the molecule is CC(C(=O)NCCc1ccc(S(N)(=O)=O)cc1)N1CCN(Cc2cccc3ccccc23)CC1. The Morgan fingerprint density at radius 3 is 2.35 bits per heavy atom. The van der Waals surface area contributed by atoms with Crippen LogP contribution in [0.1, 0.15) is 18.1 Å². The molecule has 1 aliphatic rings. The minimum Gasteiger partial charge on any atom is -0.354 e. The number of primary sulfonamides is 1. The third-order valence-electron chi connectivity index (χ3n) is 6.57. The summed E-state index contributed by atoms with van der Waals surface area (Å²) in [6.07, 6.45) is 0.627. The van der Waals surface area contributed by atoms with Crippen LogP contribution in [0.3, 0.4) is 0 Å². The maximum absolute atomic E-state index is 12.7. The Bertz CT molecular complexity index is 1230. The highest BCUT2D eigenvalue weighted by atomic mass is 32.2. The lowest BCUT2D eigenvalue weighted by Crippen LogP contribution is -2.53. The predicted octanol–water partition coefficient (Wildman–Crippen LogP) is 2.35. The van der Waals surface area contributed by atoms with E-state index in [4.69, 9.17) is 5.14 Å². The molecular formula is C26H32N4O3S. The van der Waals surface area contributed by atoms with Gasteiger partial charge in [-0.1, -0.05) is 54.6 Å². The van der Waals surface area contributed by atoms with Gasteiger partial charge in [-0.05, 0) is 47.4 Å². The van der Waals surface area contributed by atoms with Crippen LogP contribution in [0.5, 0.6) is 0 Å². The zero-order valence-corrected chi connectivity index (χ0v) is 20.3. The van der Waals surface area contributed by atoms with Gasteiger partial charge in [-0.25, -0.2) is 13.6 Å². The van der Waals surface area contributed by atoms with Crippen molar-refractivity contribution < 1.29 is 13.2 Å². The quantitative estimate of drug-likeness (QED) is 0.516. The van der Waals surface area contributed by atoms with E-state index in [0.717, 1.165) is 38.3 Å². The lowest BCUT2D eigenvalue weighted by molar-refractivity contribution is -0.126. The summed E-state index contributed by atoms with van der Waals surface area (Å²) in [4.78, 5) is 17.5. The Balaban J connectivity index is 1.23. The first-order valence-electron chi connectivity index (χ1n) is 11.6. The van der Waals surface area contributed by atoms with Gasteiger partial charge in [0, 0.05) is 39.3 Å². The molecule has 180 valence electrons. The summed E-state index contributed by atoms with van der Waals surface area (Å²) in [5.74, 6) is 0.0173. The molecule has 0 radical (unpaired) electrons. The first-order chi connectivity index (χ1) is 16.3. The van der Waals surface area contributed by atoms with Crippen LogP contribution in [0, 0.1) is 0 Å². The molecule has 0 bridgehead atoms. The maximum Gasteiger partial charge on any atom is 0.238 e. The molecule has 1 atom stereocenters. The van der Waals surface area contributed by atoms with Crippen molar-refractivity contribution in [2.45, 2.75) is 30.8 Å². The molecule has 7 nitrogen and oxygen atoms in total. The summed E-state index contributed by atoms with van der Waals surface area (Å²) in [6, 6.07) is 21.2. The molecule has 3 aromatic rings. The molecular weight excluding hydrogens is 448 g/mol. The highest BCUT2D eigenvalue weighted by molar-refractivity contribution is 7.89. The topological polar surface area (TPSA) is 95.7 Å². The molecule has 0 spiro atoms. The molecule has 1 unspecified atom stereocenters. The molecule has 3 aromatic carbocycles. The fourth-order valence-electron chi connectivity index (χ4n) is 4.47. The smallest absolute Gasteiger partial charge is 0.238 e. The first kappa shape index (κ1) is 24.3. The standard InChI is InChI=1S/C26H32N4O3S/c1-20(26(31)28-14-13-21-9-11-24(12-10-21)34(27,32)33)30-17-15-29(16-18-30)19-23-7-4-6-22-5-2-3-8-25(22)23/h2-12,20H,13-19H2,1H3,(H,28,31)(H2,27,32,33). The van der Waals surface area contributed by atoms with Crippen molar-refractivity contribution in [1.29, 1.82) is 0 Å². The second-order valence-electron chi connectivity index (χ2n) is 8.86. The van der Waals surface area contributed by atoms with Crippen molar-refractivity contribution in [3.8, 4) is 0 Å². The third-order valence-corrected chi connectivity index (χ3v) is 7.50. The number of carbonyl (C=O) groups excluding carboxylic acids is 1. The molecule has 8 heteroatoms. The molecule has 1 fully saturated rings. The number of nitrogens with two attached hydrogens (primary N) is 1. The van der Waals surface area contributed by atoms with Crippen molar-refractivity contribution in [1.82, 2.24) is 15.1 Å². The maximum atomic E-state index is 12.7. The number of sulfonamides is 1. The number of piperazine rings is 1. The number of fused-ring (bicyclic) bond motifs is 1. The van der Waals surface area contributed by atoms with Gasteiger partial charge in [0.1, 0.15) is 0 Å². The van der Waals surface area contributed by atoms with E-state index in [1.165, 1.54) is 28.5 Å². The summed E-state index contributed by atoms with van der Waals surface area (Å²) in [5, 5.41) is 10.7. The Morgan fingerprint density at radius 2 is 1.65 bits per heavy atom. The summed E-state index contributed by atoms with van der Waals surface area (Å²) in [6.45, 7) is 6.94. The van der Waals surface area contributed by atoms with E-state index in [9.17, 15) is 13.2 Å². The minimum atomic E-state index is -3.69. The molecule has 1 heterocycles. The normalized spacial score (nSPS) is 16.4. The van der Waals surface area contributed by atoms with E-state index >= 15 is 0 Å². The molecule has 0 saturated carbocycles. The zero-order chi connectivity index (χ0) is 24.1. The molecule has 34 heavy (non-hydrogen) atoms. The lowest BCUT2D eigenvalue weighted by atomic mass is 10.0. The van der Waals surface area contributed by atoms with Crippen LogP contribution in [0.4, 0.5) is 0 Å². The third kappa shape index (κ3) is 6.01. The van der Waals surface area contributed by atoms with Crippen molar-refractivity contribution in [2.75, 3.05) is 32.7 Å². The number of nitrogens with one attached hydrogen (secondary N) is 1. The summed E-state index contributed by atoms with van der Waals surface area (Å²) in [5.41, 5.74) is 2.29. The van der Waals surface area contributed by atoms with Gasteiger partial charge in [-0.2, -0.15) is 0 Å². The number of hydrogen-bond donors (Lipinski definition) is 2. The average molecular weight is 481 g/mol. The van der Waals surface area contributed by atoms with Crippen molar-refractivity contribution in [3.63, 3.8) is 0 Å². The van der Waals surface area contributed by atoms with Crippen molar-refractivity contribution >= 4 is 26.7 Å². The highest BCUT2D eigenvalue weighted by Crippen LogP contribution is 2.21. The van der Waals surface area contributed by atoms with Gasteiger partial charge in [0.25, 0.3) is 0 Å². The Morgan fingerprint density at radius 1 is 0.971 bits per heavy atom. The Hall–Kier alpha value is -2.78. The number of carbonyl (C=O) groups is 1. The van der Waals surface area contributed by atoms with Crippen LogP contribution in [0.2, 0.25) is 0 Å². The fourth-order valence-corrected chi connectivity index (χ4v) is 4.98. The van der Waals surface area contributed by atoms with Gasteiger partial charge < -0.3 is 5.32 Å². The summed E-state index contributed by atoms with van der Waals surface area (Å²) < 4.78 is 22.7. The van der Waals surface area contributed by atoms with Crippen LogP contribution >= 0.6 is 0 Å². The zero-order valence-electron chi connectivity index (χ0n) is 19.5. The van der Waals surface area contributed by atoms with Crippen LogP contribution in [-0.2, 0) is 27.8 Å². The molecule has 3 N–H and O–H groups in total. The fraction of sp³-hybridized carbons (Fsp3) is 0.346. The minimum absolute atomic E-state index is 0.0173. The number of hydrogen-bond acceptors (Lipinski definition) is 5. The Kier molecular flexibility index (Phi) is 7.63. The van der Waals surface area contributed by atoms with Gasteiger partial charge in [-0.15, -0.1) is 0 Å². The van der Waals surface area contributed by atoms with Crippen molar-refractivity contribution in [2.24, 2.45) is 5.14 Å². The van der Waals surface area contributed by atoms with E-state index in [1.807, 2.05) is 6.92 Å². The molecule has 0 aliphatic carbocycles. The monoisotopic (exact) mass is 480 g/mol. The molecule has 1 amide bonds. The summed E-state index contributed by atoms with van der Waals surface area (Å²) >= 11 is 0. The first-order valence-corrected chi connectivity index (χ1v) is 13.2. The predicted molar refractivity (Wildman–Crippen MR) is 135 cm³/mol. The molecule has 4 rings (SSSR count). The van der Waals surface area contributed by atoms with Crippen molar-refractivity contribution in [3.05, 3.63) is 77.9 Å². The summed E-state index contributed by atoms with van der Waals surface area (Å²) in [7, 11) is -3.69. The molecule has 0 aromatic heterocycles. The second kappa shape index (κ2) is 10.7. The Labute approximate surface area is 201 Å². The van der Waals surface area contributed by atoms with Crippen LogP contribution in [-0.4, -0.2) is 62.9 Å². The molecule has 1 saturated heterocycles. The van der Waals surface area contributed by atoms with E-state index in [0.29, 0.717) is 13.0 Å². The largest absolute Gasteiger partial charge is 0.354 e. The van der Waals surface area contributed by atoms with Gasteiger partial charge >= 0.3 is 0 Å². The number of rotatable bonds is 8. The van der Waals surface area contributed by atoms with Gasteiger partial charge in [0.15, 0.2) is 0 Å². The molecule has 1 aliphatic heterocycles. The number of nitrogens with zero attached hydrogens (tertiary/aromatic N) is 2. The van der Waals surface area contributed by atoms with E-state index in [2.05, 4.69) is 57.6 Å². The van der Waals surface area contributed by atoms with Gasteiger partial charge in [0.05, 0.1) is 10.9 Å². The average Bonchev–Trinajstić information content (AvgIpc) is 2.84. The van der Waals surface area contributed by atoms with E-state index in [1.54, 1.807) is 12.1 Å². The van der Waals surface area contributed by atoms with E-state index < -0.39 is 10.0 Å². The van der Waals surface area contributed by atoms with Gasteiger partial charge in [0.2, 0.25) is 15.9 Å². The van der Waals surface area contributed by atoms with Crippen LogP contribution in [0.25, 0.3) is 10.8 Å². The van der Waals surface area contributed by atoms with Crippen LogP contribution < -0.4 is 10.5 Å². The second-order valence-corrected chi connectivity index (χ2v) is 10.4. The number of benzene rings is 3. The van der Waals surface area contributed by atoms with E-state index in [-0.39, 0.29) is 16.8 Å².